The van der Waals surface area contributed by atoms with Crippen LogP contribution in [0.15, 0.2) is 48.5 Å². The second-order valence-corrected chi connectivity index (χ2v) is 6.76. The number of nitrogens with zero attached hydrogens (tertiary/aromatic N) is 1. The molecule has 0 bridgehead atoms. The van der Waals surface area contributed by atoms with Crippen molar-refractivity contribution >= 4 is 23.2 Å². The second kappa shape index (κ2) is 9.14. The van der Waals surface area contributed by atoms with Crippen LogP contribution >= 0.6 is 0 Å². The van der Waals surface area contributed by atoms with Crippen LogP contribution in [0.2, 0.25) is 0 Å². The molecule has 0 heterocycles. The Bertz CT molecular complexity index is 791. The molecule has 0 unspecified atom stereocenters. The van der Waals surface area contributed by atoms with Crippen molar-refractivity contribution in [1.82, 2.24) is 5.32 Å². The first-order chi connectivity index (χ1) is 12.8. The number of anilines is 2. The van der Waals surface area contributed by atoms with E-state index in [0.29, 0.717) is 0 Å². The third-order valence-corrected chi connectivity index (χ3v) is 4.30. The van der Waals surface area contributed by atoms with Gasteiger partial charge in [0.25, 0.3) is 0 Å². The van der Waals surface area contributed by atoms with E-state index in [1.807, 2.05) is 57.4 Å². The van der Waals surface area contributed by atoms with Crippen LogP contribution in [0, 0.1) is 5.82 Å². The number of carbonyl (C=O) groups is 2. The molecule has 27 heavy (non-hydrogen) atoms. The Kier molecular flexibility index (Phi) is 6.90. The molecule has 6 nitrogen and oxygen atoms in total. The van der Waals surface area contributed by atoms with Crippen molar-refractivity contribution in [3.8, 4) is 0 Å². The van der Waals surface area contributed by atoms with E-state index >= 15 is 0 Å². The summed E-state index contributed by atoms with van der Waals surface area (Å²) >= 11 is 0. The topological polar surface area (TPSA) is 65.9 Å². The Hall–Kier alpha value is -2.93. The highest BCUT2D eigenvalue weighted by molar-refractivity contribution is 6.39. The van der Waals surface area contributed by atoms with E-state index in [1.165, 1.54) is 18.2 Å². The largest absolute Gasteiger partial charge is 0.378 e. The zero-order valence-corrected chi connectivity index (χ0v) is 16.0. The van der Waals surface area contributed by atoms with E-state index in [-0.39, 0.29) is 18.3 Å². The molecule has 0 aliphatic heterocycles. The van der Waals surface area contributed by atoms with Gasteiger partial charge in [-0.2, -0.15) is 0 Å². The Labute approximate surface area is 159 Å². The maximum Gasteiger partial charge on any atom is 0.313 e. The minimum Gasteiger partial charge on any atom is -0.378 e. The van der Waals surface area contributed by atoms with Crippen molar-refractivity contribution in [3.63, 3.8) is 0 Å². The summed E-state index contributed by atoms with van der Waals surface area (Å²) in [6, 6.07) is 13.7. The summed E-state index contributed by atoms with van der Waals surface area (Å²) in [6.45, 7) is 0.285. The predicted octanol–water partition coefficient (Wildman–Crippen LogP) is 0.832. The van der Waals surface area contributed by atoms with E-state index in [4.69, 9.17) is 0 Å². The van der Waals surface area contributed by atoms with Gasteiger partial charge in [0.05, 0.1) is 26.3 Å². The molecule has 0 aromatic heterocycles. The predicted molar refractivity (Wildman–Crippen MR) is 104 cm³/mol. The molecular formula is C20H26FN4O2+. The summed E-state index contributed by atoms with van der Waals surface area (Å²) in [5.74, 6) is -2.28. The number of hydrogen-bond acceptors (Lipinski definition) is 3. The van der Waals surface area contributed by atoms with E-state index in [2.05, 4.69) is 10.6 Å². The van der Waals surface area contributed by atoms with Crippen LogP contribution in [-0.4, -0.2) is 46.5 Å². The smallest absolute Gasteiger partial charge is 0.313 e. The second-order valence-electron chi connectivity index (χ2n) is 6.76. The normalized spacial score (nSPS) is 11.8. The lowest BCUT2D eigenvalue weighted by Crippen LogP contribution is -3.07. The van der Waals surface area contributed by atoms with Gasteiger partial charge in [-0.15, -0.1) is 0 Å². The van der Waals surface area contributed by atoms with Crippen molar-refractivity contribution in [2.45, 2.75) is 6.04 Å². The Morgan fingerprint density at radius 2 is 1.67 bits per heavy atom. The molecule has 2 amide bonds. The van der Waals surface area contributed by atoms with Crippen LogP contribution in [-0.2, 0) is 9.59 Å². The fourth-order valence-corrected chi connectivity index (χ4v) is 2.68. The number of amides is 2. The number of quaternary nitrogens is 1. The fraction of sp³-hybridized carbons (Fsp3) is 0.300. The highest BCUT2D eigenvalue weighted by atomic mass is 19.1. The molecule has 0 fully saturated rings. The van der Waals surface area contributed by atoms with Gasteiger partial charge < -0.3 is 20.4 Å². The highest BCUT2D eigenvalue weighted by Crippen LogP contribution is 2.16. The molecule has 0 saturated carbocycles. The lowest BCUT2D eigenvalue weighted by molar-refractivity contribution is -0.890. The lowest BCUT2D eigenvalue weighted by atomic mass is 10.1. The third kappa shape index (κ3) is 5.52. The minimum absolute atomic E-state index is 0.0216. The Morgan fingerprint density at radius 3 is 2.22 bits per heavy atom. The van der Waals surface area contributed by atoms with Gasteiger partial charge in [-0.05, 0) is 24.3 Å². The van der Waals surface area contributed by atoms with Gasteiger partial charge in [-0.25, -0.2) is 4.39 Å². The average Bonchev–Trinajstić information content (AvgIpc) is 2.63. The number of benzene rings is 2. The first kappa shape index (κ1) is 20.4. The van der Waals surface area contributed by atoms with E-state index in [9.17, 15) is 14.0 Å². The zero-order valence-electron chi connectivity index (χ0n) is 16.0. The number of rotatable bonds is 6. The van der Waals surface area contributed by atoms with Gasteiger partial charge in [0.1, 0.15) is 11.9 Å². The molecule has 0 spiro atoms. The van der Waals surface area contributed by atoms with Gasteiger partial charge >= 0.3 is 11.8 Å². The molecule has 0 aliphatic carbocycles. The van der Waals surface area contributed by atoms with Crippen molar-refractivity contribution in [2.75, 3.05) is 45.0 Å². The maximum atomic E-state index is 13.6. The number of para-hydroxylation sites is 1. The van der Waals surface area contributed by atoms with Crippen LogP contribution in [0.3, 0.4) is 0 Å². The van der Waals surface area contributed by atoms with E-state index in [0.717, 1.165) is 16.2 Å². The third-order valence-electron chi connectivity index (χ3n) is 4.30. The first-order valence-electron chi connectivity index (χ1n) is 8.70. The molecule has 2 rings (SSSR count). The Morgan fingerprint density at radius 1 is 1.04 bits per heavy atom. The van der Waals surface area contributed by atoms with E-state index in [1.54, 1.807) is 6.07 Å². The molecule has 7 heteroatoms. The maximum absolute atomic E-state index is 13.6. The summed E-state index contributed by atoms with van der Waals surface area (Å²) in [7, 11) is 7.91. The monoisotopic (exact) mass is 373 g/mol. The van der Waals surface area contributed by atoms with Crippen LogP contribution in [0.1, 0.15) is 11.6 Å². The van der Waals surface area contributed by atoms with Crippen LogP contribution in [0.4, 0.5) is 15.8 Å². The van der Waals surface area contributed by atoms with Crippen molar-refractivity contribution in [1.29, 1.82) is 0 Å². The van der Waals surface area contributed by atoms with Gasteiger partial charge in [-0.3, -0.25) is 9.59 Å². The zero-order chi connectivity index (χ0) is 20.0. The number of hydrogen-bond donors (Lipinski definition) is 3. The van der Waals surface area contributed by atoms with E-state index < -0.39 is 17.6 Å². The molecule has 1 atom stereocenters. The summed E-state index contributed by atoms with van der Waals surface area (Å²) in [5, 5.41) is 4.92. The van der Waals surface area contributed by atoms with Gasteiger partial charge in [0.15, 0.2) is 0 Å². The molecule has 0 saturated heterocycles. The number of carbonyl (C=O) groups excluding carboxylic acids is 2. The molecule has 0 aliphatic rings. The minimum atomic E-state index is -0.893. The van der Waals surface area contributed by atoms with Crippen molar-refractivity contribution in [2.24, 2.45) is 0 Å². The van der Waals surface area contributed by atoms with Gasteiger partial charge in [-0.1, -0.05) is 24.3 Å². The van der Waals surface area contributed by atoms with Crippen molar-refractivity contribution in [3.05, 3.63) is 59.9 Å². The average molecular weight is 373 g/mol. The molecule has 3 N–H and O–H groups in total. The first-order valence-corrected chi connectivity index (χ1v) is 8.70. The van der Waals surface area contributed by atoms with Gasteiger partial charge in [0.2, 0.25) is 0 Å². The summed E-state index contributed by atoms with van der Waals surface area (Å²) in [4.78, 5) is 27.2. The van der Waals surface area contributed by atoms with Gasteiger partial charge in [0, 0.05) is 25.3 Å². The SMILES string of the molecule is CN(C)c1ccc([C@H](CNC(=O)C(=O)Nc2ccccc2F)[NH+](C)C)cc1. The molecule has 144 valence electrons. The summed E-state index contributed by atoms with van der Waals surface area (Å²) < 4.78 is 13.6. The molecule has 2 aromatic rings. The fourth-order valence-electron chi connectivity index (χ4n) is 2.68. The van der Waals surface area contributed by atoms with Crippen LogP contribution in [0.25, 0.3) is 0 Å². The van der Waals surface area contributed by atoms with Crippen LogP contribution in [0.5, 0.6) is 0 Å². The molecular weight excluding hydrogens is 347 g/mol. The lowest BCUT2D eigenvalue weighted by Gasteiger charge is -2.23. The summed E-state index contributed by atoms with van der Waals surface area (Å²) in [5.41, 5.74) is 2.11. The molecule has 0 radical (unpaired) electrons. The number of halogens is 1. The van der Waals surface area contributed by atoms with Crippen LogP contribution < -0.4 is 20.4 Å². The quantitative estimate of drug-likeness (QED) is 0.658. The standard InChI is InChI=1S/C20H25FN4O2/c1-24(2)15-11-9-14(10-12-15)18(25(3)4)13-22-19(26)20(27)23-17-8-6-5-7-16(17)21/h5-12,18H,13H2,1-4H3,(H,22,26)(H,23,27)/p+1/t18-/m0/s1. The van der Waals surface area contributed by atoms with Crippen molar-refractivity contribution < 1.29 is 18.9 Å². The number of nitrogens with one attached hydrogen (secondary N) is 3. The number of likely N-dealkylation sites (N-methyl/N-ethyl adjacent to an activating group) is 1. The Balaban J connectivity index is 1.99. The molecule has 2 aromatic carbocycles. The summed E-state index contributed by atoms with van der Waals surface area (Å²) in [6.07, 6.45) is 0. The highest BCUT2D eigenvalue weighted by Gasteiger charge is 2.22.